The zero-order chi connectivity index (χ0) is 10.8. The largest absolute Gasteiger partial charge is 0.299 e. The molecule has 0 aromatic carbocycles. The van der Waals surface area contributed by atoms with Gasteiger partial charge in [0.1, 0.15) is 15.6 Å². The van der Waals surface area contributed by atoms with Crippen LogP contribution in [0.5, 0.6) is 0 Å². The van der Waals surface area contributed by atoms with Crippen LogP contribution in [0, 0.1) is 11.8 Å². The normalized spacial score (nSPS) is 28.3. The Morgan fingerprint density at radius 2 is 2.07 bits per heavy atom. The Morgan fingerprint density at radius 1 is 1.43 bits per heavy atom. The zero-order valence-corrected chi connectivity index (χ0v) is 9.64. The summed E-state index contributed by atoms with van der Waals surface area (Å²) >= 11 is 0. The minimum absolute atomic E-state index is 0.0713. The molecule has 0 heterocycles. The standard InChI is InChI=1S/C10H18O3S/c1-3-14(12,13)7-6-9-4-5-10(11)8(9)2/h8-9H,3-7H2,1-2H3. The molecule has 0 radical (unpaired) electrons. The van der Waals surface area contributed by atoms with Gasteiger partial charge in [0.15, 0.2) is 0 Å². The van der Waals surface area contributed by atoms with Gasteiger partial charge in [-0.3, -0.25) is 4.79 Å². The minimum atomic E-state index is -2.86. The number of Topliss-reactive ketones (excluding diaryl/α,β-unsaturated/α-hetero) is 1. The molecule has 4 heteroatoms. The molecule has 2 unspecified atom stereocenters. The summed E-state index contributed by atoms with van der Waals surface area (Å²) in [6, 6.07) is 0. The summed E-state index contributed by atoms with van der Waals surface area (Å²) in [5.74, 6) is 1.11. The fourth-order valence-corrected chi connectivity index (χ4v) is 2.89. The summed E-state index contributed by atoms with van der Waals surface area (Å²) in [6.07, 6.45) is 2.17. The highest BCUT2D eigenvalue weighted by atomic mass is 32.2. The monoisotopic (exact) mass is 218 g/mol. The molecular formula is C10H18O3S. The van der Waals surface area contributed by atoms with E-state index in [9.17, 15) is 13.2 Å². The number of sulfone groups is 1. The van der Waals surface area contributed by atoms with Crippen LogP contribution in [0.3, 0.4) is 0 Å². The van der Waals surface area contributed by atoms with Crippen LogP contribution in [0.25, 0.3) is 0 Å². The topological polar surface area (TPSA) is 51.2 Å². The van der Waals surface area contributed by atoms with Gasteiger partial charge in [-0.25, -0.2) is 8.42 Å². The Labute approximate surface area is 85.8 Å². The first-order valence-electron chi connectivity index (χ1n) is 5.19. The number of carbonyl (C=O) groups excluding carboxylic acids is 1. The predicted molar refractivity (Wildman–Crippen MR) is 55.8 cm³/mol. The summed E-state index contributed by atoms with van der Waals surface area (Å²) in [5, 5.41) is 0. The Bertz CT molecular complexity index is 305. The van der Waals surface area contributed by atoms with E-state index in [1.54, 1.807) is 6.92 Å². The molecule has 1 fully saturated rings. The zero-order valence-electron chi connectivity index (χ0n) is 8.82. The quantitative estimate of drug-likeness (QED) is 0.717. The molecule has 0 aromatic heterocycles. The van der Waals surface area contributed by atoms with Crippen molar-refractivity contribution in [2.45, 2.75) is 33.1 Å². The van der Waals surface area contributed by atoms with E-state index in [0.29, 0.717) is 24.5 Å². The Morgan fingerprint density at radius 3 is 2.50 bits per heavy atom. The molecule has 0 N–H and O–H groups in total. The third kappa shape index (κ3) is 2.80. The minimum Gasteiger partial charge on any atom is -0.299 e. The maximum absolute atomic E-state index is 11.3. The van der Waals surface area contributed by atoms with Crippen LogP contribution in [-0.4, -0.2) is 25.7 Å². The summed E-state index contributed by atoms with van der Waals surface area (Å²) in [4.78, 5) is 11.2. The van der Waals surface area contributed by atoms with Crippen molar-refractivity contribution < 1.29 is 13.2 Å². The van der Waals surface area contributed by atoms with Crippen LogP contribution in [0.1, 0.15) is 33.1 Å². The van der Waals surface area contributed by atoms with Gasteiger partial charge in [0.05, 0.1) is 5.75 Å². The molecular weight excluding hydrogens is 200 g/mol. The van der Waals surface area contributed by atoms with Gasteiger partial charge in [-0.2, -0.15) is 0 Å². The van der Waals surface area contributed by atoms with Crippen LogP contribution in [0.15, 0.2) is 0 Å². The lowest BCUT2D eigenvalue weighted by Gasteiger charge is -2.13. The van der Waals surface area contributed by atoms with Gasteiger partial charge in [-0.05, 0) is 18.8 Å². The van der Waals surface area contributed by atoms with E-state index in [0.717, 1.165) is 6.42 Å². The molecule has 0 bridgehead atoms. The Kier molecular flexibility index (Phi) is 3.70. The van der Waals surface area contributed by atoms with Crippen molar-refractivity contribution in [3.63, 3.8) is 0 Å². The number of hydrogen-bond donors (Lipinski definition) is 0. The van der Waals surface area contributed by atoms with Gasteiger partial charge in [0, 0.05) is 18.1 Å². The third-order valence-electron chi connectivity index (χ3n) is 3.22. The van der Waals surface area contributed by atoms with Crippen molar-refractivity contribution in [1.29, 1.82) is 0 Å². The summed E-state index contributed by atoms with van der Waals surface area (Å²) in [5.41, 5.74) is 0. The second-order valence-corrected chi connectivity index (χ2v) is 6.55. The van der Waals surface area contributed by atoms with Crippen molar-refractivity contribution in [3.05, 3.63) is 0 Å². The molecule has 1 rings (SSSR count). The Balaban J connectivity index is 2.44. The van der Waals surface area contributed by atoms with Crippen LogP contribution in [0.4, 0.5) is 0 Å². The van der Waals surface area contributed by atoms with E-state index >= 15 is 0 Å². The van der Waals surface area contributed by atoms with E-state index in [4.69, 9.17) is 0 Å². The van der Waals surface area contributed by atoms with Gasteiger partial charge in [0.2, 0.25) is 0 Å². The lowest BCUT2D eigenvalue weighted by molar-refractivity contribution is -0.120. The molecule has 0 aromatic rings. The third-order valence-corrected chi connectivity index (χ3v) is 4.95. The molecule has 0 saturated heterocycles. The van der Waals surface area contributed by atoms with E-state index in [-0.39, 0.29) is 17.4 Å². The van der Waals surface area contributed by atoms with Gasteiger partial charge < -0.3 is 0 Å². The van der Waals surface area contributed by atoms with Gasteiger partial charge >= 0.3 is 0 Å². The van der Waals surface area contributed by atoms with Crippen molar-refractivity contribution in [2.75, 3.05) is 11.5 Å². The van der Waals surface area contributed by atoms with Crippen LogP contribution in [0.2, 0.25) is 0 Å². The maximum atomic E-state index is 11.3. The lowest BCUT2D eigenvalue weighted by Crippen LogP contribution is -2.16. The van der Waals surface area contributed by atoms with Gasteiger partial charge in [-0.15, -0.1) is 0 Å². The van der Waals surface area contributed by atoms with Crippen molar-refractivity contribution >= 4 is 15.6 Å². The summed E-state index contributed by atoms with van der Waals surface area (Å²) in [7, 11) is -2.86. The maximum Gasteiger partial charge on any atom is 0.150 e. The molecule has 3 nitrogen and oxygen atoms in total. The molecule has 0 aliphatic heterocycles. The van der Waals surface area contributed by atoms with Crippen LogP contribution >= 0.6 is 0 Å². The molecule has 2 atom stereocenters. The van der Waals surface area contributed by atoms with E-state index < -0.39 is 9.84 Å². The van der Waals surface area contributed by atoms with Crippen molar-refractivity contribution in [2.24, 2.45) is 11.8 Å². The van der Waals surface area contributed by atoms with Gasteiger partial charge in [0.25, 0.3) is 0 Å². The summed E-state index contributed by atoms with van der Waals surface area (Å²) in [6.45, 7) is 3.58. The molecule has 82 valence electrons. The predicted octanol–water partition coefficient (Wildman–Crippen LogP) is 1.43. The number of ketones is 1. The average molecular weight is 218 g/mol. The Hall–Kier alpha value is -0.380. The molecule has 1 aliphatic carbocycles. The van der Waals surface area contributed by atoms with Gasteiger partial charge in [-0.1, -0.05) is 13.8 Å². The van der Waals surface area contributed by atoms with E-state index in [1.165, 1.54) is 0 Å². The fourth-order valence-electron chi connectivity index (χ4n) is 1.94. The second-order valence-electron chi connectivity index (χ2n) is 4.08. The highest BCUT2D eigenvalue weighted by Gasteiger charge is 2.31. The first-order valence-corrected chi connectivity index (χ1v) is 7.01. The number of carbonyl (C=O) groups is 1. The van der Waals surface area contributed by atoms with Crippen molar-refractivity contribution in [3.8, 4) is 0 Å². The molecule has 1 saturated carbocycles. The number of hydrogen-bond acceptors (Lipinski definition) is 3. The smallest absolute Gasteiger partial charge is 0.150 e. The van der Waals surface area contributed by atoms with Crippen molar-refractivity contribution in [1.82, 2.24) is 0 Å². The fraction of sp³-hybridized carbons (Fsp3) is 0.900. The molecule has 0 amide bonds. The molecule has 1 aliphatic rings. The molecule has 14 heavy (non-hydrogen) atoms. The molecule has 0 spiro atoms. The first kappa shape index (κ1) is 11.7. The van der Waals surface area contributed by atoms with Crippen LogP contribution < -0.4 is 0 Å². The number of rotatable bonds is 4. The highest BCUT2D eigenvalue weighted by molar-refractivity contribution is 7.91. The van der Waals surface area contributed by atoms with E-state index in [2.05, 4.69) is 0 Å². The summed E-state index contributed by atoms with van der Waals surface area (Å²) < 4.78 is 22.5. The van der Waals surface area contributed by atoms with Crippen LogP contribution in [-0.2, 0) is 14.6 Å². The lowest BCUT2D eigenvalue weighted by atomic mass is 9.95. The van der Waals surface area contributed by atoms with E-state index in [1.807, 2.05) is 6.92 Å². The first-order chi connectivity index (χ1) is 6.46. The highest BCUT2D eigenvalue weighted by Crippen LogP contribution is 2.31. The second kappa shape index (κ2) is 4.43. The SMILES string of the molecule is CCS(=O)(=O)CCC1CCC(=O)C1C. The average Bonchev–Trinajstić information content (AvgIpc) is 2.45.